The predicted octanol–water partition coefficient (Wildman–Crippen LogP) is 6.51. The molecule has 0 aliphatic heterocycles. The van der Waals surface area contributed by atoms with Gasteiger partial charge in [0.05, 0.1) is 5.69 Å². The third-order valence-corrected chi connectivity index (χ3v) is 7.38. The van der Waals surface area contributed by atoms with Crippen molar-refractivity contribution in [2.45, 2.75) is 69.6 Å². The summed E-state index contributed by atoms with van der Waals surface area (Å²) in [5.41, 5.74) is 6.13. The van der Waals surface area contributed by atoms with Crippen LogP contribution in [0.25, 0.3) is 11.3 Å². The van der Waals surface area contributed by atoms with Gasteiger partial charge in [-0.05, 0) is 54.7 Å². The van der Waals surface area contributed by atoms with Crippen molar-refractivity contribution in [3.8, 4) is 11.3 Å². The molecule has 2 aromatic rings. The van der Waals surface area contributed by atoms with E-state index < -0.39 is 0 Å². The quantitative estimate of drug-likeness (QED) is 0.611. The third kappa shape index (κ3) is 2.24. The fraction of sp³-hybridized carbons (Fsp3) is 0.542. The van der Waals surface area contributed by atoms with Crippen LogP contribution in [0.15, 0.2) is 42.6 Å². The average molecular weight is 332 g/mol. The number of benzene rings is 1. The van der Waals surface area contributed by atoms with E-state index in [0.717, 1.165) is 11.8 Å². The lowest BCUT2D eigenvalue weighted by Gasteiger charge is -2.48. The Morgan fingerprint density at radius 1 is 0.680 bits per heavy atom. The first kappa shape index (κ1) is 15.6. The Morgan fingerprint density at radius 3 is 1.96 bits per heavy atom. The second-order valence-electron chi connectivity index (χ2n) is 8.48. The second kappa shape index (κ2) is 6.27. The van der Waals surface area contributed by atoms with E-state index in [4.69, 9.17) is 4.98 Å². The van der Waals surface area contributed by atoms with Crippen LogP contribution in [0.2, 0.25) is 0 Å². The molecule has 0 atom stereocenters. The third-order valence-electron chi connectivity index (χ3n) is 7.38. The standard InChI is InChI=1S/C24H29N/c1-3-10-18(11-4-1)24(19-12-5-2-6-13-19)21-15-8-7-14-20(21)23-22(24)16-9-17-25-23/h7-9,14-19H,1-6,10-13H2. The summed E-state index contributed by atoms with van der Waals surface area (Å²) in [5.74, 6) is 1.60. The van der Waals surface area contributed by atoms with Crippen molar-refractivity contribution in [3.63, 3.8) is 0 Å². The summed E-state index contributed by atoms with van der Waals surface area (Å²) in [5, 5.41) is 0. The first-order valence-corrected chi connectivity index (χ1v) is 10.5. The largest absolute Gasteiger partial charge is 0.256 e. The highest BCUT2D eigenvalue weighted by atomic mass is 14.7. The molecule has 5 rings (SSSR count). The van der Waals surface area contributed by atoms with Gasteiger partial charge in [-0.3, -0.25) is 4.98 Å². The van der Waals surface area contributed by atoms with Gasteiger partial charge < -0.3 is 0 Å². The van der Waals surface area contributed by atoms with Crippen molar-refractivity contribution in [1.82, 2.24) is 4.98 Å². The maximum absolute atomic E-state index is 4.89. The maximum atomic E-state index is 4.89. The molecule has 25 heavy (non-hydrogen) atoms. The number of hydrogen-bond donors (Lipinski definition) is 0. The molecule has 0 unspecified atom stereocenters. The van der Waals surface area contributed by atoms with Crippen LogP contribution in [0.3, 0.4) is 0 Å². The maximum Gasteiger partial charge on any atom is 0.0746 e. The van der Waals surface area contributed by atoms with Crippen LogP contribution in [-0.2, 0) is 5.41 Å². The predicted molar refractivity (Wildman–Crippen MR) is 104 cm³/mol. The molecule has 0 N–H and O–H groups in total. The summed E-state index contributed by atoms with van der Waals surface area (Å²) in [6, 6.07) is 13.9. The van der Waals surface area contributed by atoms with Crippen molar-refractivity contribution in [3.05, 3.63) is 53.7 Å². The normalized spacial score (nSPS) is 23.2. The molecule has 0 amide bonds. The lowest BCUT2D eigenvalue weighted by molar-refractivity contribution is 0.137. The molecule has 0 saturated heterocycles. The average Bonchev–Trinajstić information content (AvgIpc) is 3.01. The number of nitrogens with zero attached hydrogens (tertiary/aromatic N) is 1. The molecule has 0 radical (unpaired) electrons. The van der Waals surface area contributed by atoms with Gasteiger partial charge in [0.2, 0.25) is 0 Å². The number of fused-ring (bicyclic) bond motifs is 3. The van der Waals surface area contributed by atoms with Crippen molar-refractivity contribution in [2.24, 2.45) is 11.8 Å². The Balaban J connectivity index is 1.76. The zero-order valence-electron chi connectivity index (χ0n) is 15.2. The molecule has 1 nitrogen and oxygen atoms in total. The highest BCUT2D eigenvalue weighted by Crippen LogP contribution is 2.61. The molecule has 3 aliphatic carbocycles. The molecule has 2 saturated carbocycles. The Kier molecular flexibility index (Phi) is 3.91. The second-order valence-corrected chi connectivity index (χ2v) is 8.48. The zero-order valence-corrected chi connectivity index (χ0v) is 15.2. The fourth-order valence-corrected chi connectivity index (χ4v) is 6.48. The molecule has 1 heterocycles. The van der Waals surface area contributed by atoms with Crippen LogP contribution in [0.1, 0.15) is 75.3 Å². The SMILES string of the molecule is c1ccc2c(c1)-c1ncccc1C2(C1CCCCC1)C1CCCCC1. The van der Waals surface area contributed by atoms with E-state index >= 15 is 0 Å². The Morgan fingerprint density at radius 2 is 1.28 bits per heavy atom. The van der Waals surface area contributed by atoms with Crippen molar-refractivity contribution in [1.29, 1.82) is 0 Å². The van der Waals surface area contributed by atoms with Gasteiger partial charge in [0, 0.05) is 17.2 Å². The van der Waals surface area contributed by atoms with Gasteiger partial charge in [0.25, 0.3) is 0 Å². The lowest BCUT2D eigenvalue weighted by Crippen LogP contribution is -2.44. The van der Waals surface area contributed by atoms with E-state index in [1.165, 1.54) is 75.5 Å². The lowest BCUT2D eigenvalue weighted by atomic mass is 9.55. The van der Waals surface area contributed by atoms with E-state index in [0.29, 0.717) is 0 Å². The Labute approximate surface area is 151 Å². The topological polar surface area (TPSA) is 12.9 Å². The minimum Gasteiger partial charge on any atom is -0.256 e. The molecule has 2 fully saturated rings. The number of aromatic nitrogens is 1. The van der Waals surface area contributed by atoms with Gasteiger partial charge in [-0.25, -0.2) is 0 Å². The molecule has 1 aromatic heterocycles. The number of hydrogen-bond acceptors (Lipinski definition) is 1. The highest BCUT2D eigenvalue weighted by Gasteiger charge is 2.53. The molecule has 130 valence electrons. The minimum absolute atomic E-state index is 0.237. The fourth-order valence-electron chi connectivity index (χ4n) is 6.48. The summed E-state index contributed by atoms with van der Waals surface area (Å²) in [4.78, 5) is 4.89. The summed E-state index contributed by atoms with van der Waals surface area (Å²) in [6.07, 6.45) is 16.1. The van der Waals surface area contributed by atoms with Gasteiger partial charge in [-0.2, -0.15) is 0 Å². The first-order valence-electron chi connectivity index (χ1n) is 10.5. The molecular formula is C24H29N. The van der Waals surface area contributed by atoms with Crippen LogP contribution in [0, 0.1) is 11.8 Å². The Bertz CT molecular complexity index is 685. The first-order chi connectivity index (χ1) is 12.4. The summed E-state index contributed by atoms with van der Waals surface area (Å²) in [6.45, 7) is 0. The molecule has 1 aromatic carbocycles. The Hall–Kier alpha value is -1.63. The molecule has 3 aliphatic rings. The van der Waals surface area contributed by atoms with Crippen LogP contribution < -0.4 is 0 Å². The zero-order chi connectivity index (χ0) is 16.7. The van der Waals surface area contributed by atoms with E-state index in [9.17, 15) is 0 Å². The van der Waals surface area contributed by atoms with Gasteiger partial charge in [-0.15, -0.1) is 0 Å². The van der Waals surface area contributed by atoms with Gasteiger partial charge in [0.15, 0.2) is 0 Å². The minimum atomic E-state index is 0.237. The van der Waals surface area contributed by atoms with Crippen LogP contribution >= 0.6 is 0 Å². The summed E-state index contributed by atoms with van der Waals surface area (Å²) < 4.78 is 0. The molecule has 1 heteroatoms. The number of rotatable bonds is 2. The van der Waals surface area contributed by atoms with Gasteiger partial charge >= 0.3 is 0 Å². The van der Waals surface area contributed by atoms with Crippen LogP contribution in [0.5, 0.6) is 0 Å². The molecule has 0 spiro atoms. The number of pyridine rings is 1. The van der Waals surface area contributed by atoms with Crippen molar-refractivity contribution < 1.29 is 0 Å². The van der Waals surface area contributed by atoms with Crippen molar-refractivity contribution in [2.75, 3.05) is 0 Å². The van der Waals surface area contributed by atoms with Crippen LogP contribution in [0.4, 0.5) is 0 Å². The molecular weight excluding hydrogens is 302 g/mol. The van der Waals surface area contributed by atoms with Crippen LogP contribution in [-0.4, -0.2) is 4.98 Å². The highest BCUT2D eigenvalue weighted by molar-refractivity contribution is 5.78. The van der Waals surface area contributed by atoms with E-state index in [-0.39, 0.29) is 5.41 Å². The smallest absolute Gasteiger partial charge is 0.0746 e. The summed E-state index contributed by atoms with van der Waals surface area (Å²) in [7, 11) is 0. The monoisotopic (exact) mass is 331 g/mol. The summed E-state index contributed by atoms with van der Waals surface area (Å²) >= 11 is 0. The van der Waals surface area contributed by atoms with Crippen molar-refractivity contribution >= 4 is 0 Å². The van der Waals surface area contributed by atoms with E-state index in [1.54, 1.807) is 11.1 Å². The van der Waals surface area contributed by atoms with E-state index in [2.05, 4.69) is 36.4 Å². The van der Waals surface area contributed by atoms with E-state index in [1.807, 2.05) is 6.20 Å². The van der Waals surface area contributed by atoms with Gasteiger partial charge in [-0.1, -0.05) is 68.9 Å². The van der Waals surface area contributed by atoms with Gasteiger partial charge in [0.1, 0.15) is 0 Å². The molecule has 0 bridgehead atoms.